The van der Waals surface area contributed by atoms with Crippen LogP contribution in [0, 0.1) is 0 Å². The maximum atomic E-state index is 11.7. The number of rotatable bonds is 5. The lowest BCUT2D eigenvalue weighted by atomic mass is 10.1. The van der Waals surface area contributed by atoms with E-state index < -0.39 is 0 Å². The summed E-state index contributed by atoms with van der Waals surface area (Å²) in [5.41, 5.74) is 2.77. The van der Waals surface area contributed by atoms with Crippen molar-refractivity contribution < 1.29 is 4.79 Å². The van der Waals surface area contributed by atoms with E-state index >= 15 is 0 Å². The second-order valence-electron chi connectivity index (χ2n) is 5.05. The number of carbonyl (C=O) groups is 1. The number of carbonyl (C=O) groups excluding carboxylic acids is 1. The van der Waals surface area contributed by atoms with Gasteiger partial charge in [-0.3, -0.25) is 4.79 Å². The molecule has 1 aromatic carbocycles. The number of fused-ring (bicyclic) bond motifs is 1. The van der Waals surface area contributed by atoms with E-state index in [9.17, 15) is 4.79 Å². The first-order valence-corrected chi connectivity index (χ1v) is 6.81. The molecule has 3 nitrogen and oxygen atoms in total. The predicted octanol–water partition coefficient (Wildman–Crippen LogP) is 2.18. The van der Waals surface area contributed by atoms with Gasteiger partial charge in [0.1, 0.15) is 0 Å². The minimum atomic E-state index is 0.0914. The molecule has 2 atom stereocenters. The Morgan fingerprint density at radius 1 is 1.44 bits per heavy atom. The lowest BCUT2D eigenvalue weighted by molar-refractivity contribution is -0.121. The Hall–Kier alpha value is -1.35. The molecule has 0 saturated carbocycles. The van der Waals surface area contributed by atoms with Crippen molar-refractivity contribution in [3.63, 3.8) is 0 Å². The van der Waals surface area contributed by atoms with Crippen LogP contribution < -0.4 is 10.6 Å². The van der Waals surface area contributed by atoms with Crippen LogP contribution in [0.2, 0.25) is 0 Å². The molecular formula is C15H22N2O. The predicted molar refractivity (Wildman–Crippen MR) is 73.4 cm³/mol. The van der Waals surface area contributed by atoms with Crippen molar-refractivity contribution >= 4 is 5.91 Å². The summed E-state index contributed by atoms with van der Waals surface area (Å²) in [6, 6.07) is 9.08. The number of hydrogen-bond acceptors (Lipinski definition) is 2. The average molecular weight is 246 g/mol. The SMILES string of the molecule is CCC(C)NC(=O)CNC1CCc2ccccc21. The molecule has 18 heavy (non-hydrogen) atoms. The third-order valence-corrected chi connectivity index (χ3v) is 3.66. The molecule has 0 heterocycles. The van der Waals surface area contributed by atoms with E-state index in [1.54, 1.807) is 0 Å². The van der Waals surface area contributed by atoms with Gasteiger partial charge >= 0.3 is 0 Å². The Bertz CT molecular complexity index is 417. The Balaban J connectivity index is 1.84. The summed E-state index contributed by atoms with van der Waals surface area (Å²) < 4.78 is 0. The van der Waals surface area contributed by atoms with E-state index in [0.29, 0.717) is 12.6 Å². The second kappa shape index (κ2) is 6.01. The smallest absolute Gasteiger partial charge is 0.234 e. The van der Waals surface area contributed by atoms with Gasteiger partial charge in [0, 0.05) is 12.1 Å². The molecule has 0 bridgehead atoms. The molecular weight excluding hydrogens is 224 g/mol. The van der Waals surface area contributed by atoms with Crippen molar-refractivity contribution in [2.45, 2.75) is 45.2 Å². The summed E-state index contributed by atoms with van der Waals surface area (Å²) in [7, 11) is 0. The normalized spacial score (nSPS) is 19.3. The van der Waals surface area contributed by atoms with Gasteiger partial charge in [-0.2, -0.15) is 0 Å². The van der Waals surface area contributed by atoms with Gasteiger partial charge < -0.3 is 10.6 Å². The van der Waals surface area contributed by atoms with Crippen molar-refractivity contribution in [3.8, 4) is 0 Å². The summed E-state index contributed by atoms with van der Waals surface area (Å²) in [4.78, 5) is 11.7. The molecule has 0 spiro atoms. The van der Waals surface area contributed by atoms with Crippen molar-refractivity contribution in [1.82, 2.24) is 10.6 Å². The van der Waals surface area contributed by atoms with Gasteiger partial charge in [-0.25, -0.2) is 0 Å². The first-order chi connectivity index (χ1) is 8.70. The zero-order valence-corrected chi connectivity index (χ0v) is 11.2. The van der Waals surface area contributed by atoms with Crippen molar-refractivity contribution in [2.75, 3.05) is 6.54 Å². The lowest BCUT2D eigenvalue weighted by Crippen LogP contribution is -2.39. The Kier molecular flexibility index (Phi) is 4.37. The zero-order chi connectivity index (χ0) is 13.0. The molecule has 2 unspecified atom stereocenters. The summed E-state index contributed by atoms with van der Waals surface area (Å²) in [5, 5.41) is 6.33. The minimum Gasteiger partial charge on any atom is -0.353 e. The summed E-state index contributed by atoms with van der Waals surface area (Å²) in [5.74, 6) is 0.0914. The van der Waals surface area contributed by atoms with E-state index in [1.165, 1.54) is 11.1 Å². The van der Waals surface area contributed by atoms with Crippen LogP contribution in [0.5, 0.6) is 0 Å². The van der Waals surface area contributed by atoms with Crippen LogP contribution in [-0.4, -0.2) is 18.5 Å². The van der Waals surface area contributed by atoms with Crippen molar-refractivity contribution in [1.29, 1.82) is 0 Å². The van der Waals surface area contributed by atoms with E-state index in [-0.39, 0.29) is 11.9 Å². The molecule has 0 aliphatic heterocycles. The third kappa shape index (κ3) is 3.10. The quantitative estimate of drug-likeness (QED) is 0.836. The summed E-state index contributed by atoms with van der Waals surface area (Å²) in [6.07, 6.45) is 3.18. The highest BCUT2D eigenvalue weighted by Crippen LogP contribution is 2.30. The molecule has 0 aromatic heterocycles. The molecule has 1 aliphatic rings. The Morgan fingerprint density at radius 3 is 3.00 bits per heavy atom. The van der Waals surface area contributed by atoms with Gasteiger partial charge in [0.25, 0.3) is 0 Å². The molecule has 1 aromatic rings. The van der Waals surface area contributed by atoms with Crippen molar-refractivity contribution in [3.05, 3.63) is 35.4 Å². The summed E-state index contributed by atoms with van der Waals surface area (Å²) >= 11 is 0. The van der Waals surface area contributed by atoms with E-state index in [1.807, 2.05) is 6.92 Å². The molecule has 0 saturated heterocycles. The van der Waals surface area contributed by atoms with Crippen LogP contribution in [0.4, 0.5) is 0 Å². The van der Waals surface area contributed by atoms with Gasteiger partial charge in [-0.15, -0.1) is 0 Å². The van der Waals surface area contributed by atoms with E-state index in [2.05, 4.69) is 41.8 Å². The minimum absolute atomic E-state index is 0.0914. The second-order valence-corrected chi connectivity index (χ2v) is 5.05. The van der Waals surface area contributed by atoms with Crippen LogP contribution >= 0.6 is 0 Å². The number of nitrogens with one attached hydrogen (secondary N) is 2. The number of aryl methyl sites for hydroxylation is 1. The van der Waals surface area contributed by atoms with Crippen LogP contribution in [0.15, 0.2) is 24.3 Å². The zero-order valence-electron chi connectivity index (χ0n) is 11.2. The van der Waals surface area contributed by atoms with Crippen LogP contribution in [0.25, 0.3) is 0 Å². The maximum Gasteiger partial charge on any atom is 0.234 e. The number of hydrogen-bond donors (Lipinski definition) is 2. The molecule has 1 amide bonds. The third-order valence-electron chi connectivity index (χ3n) is 3.66. The molecule has 98 valence electrons. The topological polar surface area (TPSA) is 41.1 Å². The molecule has 2 N–H and O–H groups in total. The summed E-state index contributed by atoms with van der Waals surface area (Å²) in [6.45, 7) is 4.51. The van der Waals surface area contributed by atoms with Gasteiger partial charge in [0.15, 0.2) is 0 Å². The van der Waals surface area contributed by atoms with Gasteiger partial charge in [0.2, 0.25) is 5.91 Å². The first kappa shape index (κ1) is 13.1. The maximum absolute atomic E-state index is 11.7. The Morgan fingerprint density at radius 2 is 2.22 bits per heavy atom. The van der Waals surface area contributed by atoms with Gasteiger partial charge in [-0.1, -0.05) is 31.2 Å². The van der Waals surface area contributed by atoms with Gasteiger partial charge in [-0.05, 0) is 37.3 Å². The van der Waals surface area contributed by atoms with Gasteiger partial charge in [0.05, 0.1) is 6.54 Å². The average Bonchev–Trinajstić information content (AvgIpc) is 2.79. The molecule has 0 radical (unpaired) electrons. The van der Waals surface area contributed by atoms with E-state index in [0.717, 1.165) is 19.3 Å². The molecule has 2 rings (SSSR count). The van der Waals surface area contributed by atoms with Crippen LogP contribution in [0.3, 0.4) is 0 Å². The van der Waals surface area contributed by atoms with E-state index in [4.69, 9.17) is 0 Å². The lowest BCUT2D eigenvalue weighted by Gasteiger charge is -2.16. The highest BCUT2D eigenvalue weighted by atomic mass is 16.1. The number of amides is 1. The molecule has 3 heteroatoms. The Labute approximate surface area is 109 Å². The fourth-order valence-corrected chi connectivity index (χ4v) is 2.41. The first-order valence-electron chi connectivity index (χ1n) is 6.81. The molecule has 0 fully saturated rings. The monoisotopic (exact) mass is 246 g/mol. The highest BCUT2D eigenvalue weighted by molar-refractivity contribution is 5.78. The van der Waals surface area contributed by atoms with Crippen LogP contribution in [0.1, 0.15) is 43.9 Å². The number of benzene rings is 1. The van der Waals surface area contributed by atoms with Crippen LogP contribution in [-0.2, 0) is 11.2 Å². The fraction of sp³-hybridized carbons (Fsp3) is 0.533. The highest BCUT2D eigenvalue weighted by Gasteiger charge is 2.21. The standard InChI is InChI=1S/C15H22N2O/c1-3-11(2)17-15(18)10-16-14-9-8-12-6-4-5-7-13(12)14/h4-7,11,14,16H,3,8-10H2,1-2H3,(H,17,18). The molecule has 1 aliphatic carbocycles. The van der Waals surface area contributed by atoms with Crippen molar-refractivity contribution in [2.24, 2.45) is 0 Å². The fourth-order valence-electron chi connectivity index (χ4n) is 2.41. The largest absolute Gasteiger partial charge is 0.353 e.